The summed E-state index contributed by atoms with van der Waals surface area (Å²) in [7, 11) is 1.62. The molecule has 1 aliphatic rings. The Morgan fingerprint density at radius 1 is 1.48 bits per heavy atom. The predicted octanol–water partition coefficient (Wildman–Crippen LogP) is 1.87. The molecular formula is C17H20N2O4. The summed E-state index contributed by atoms with van der Waals surface area (Å²) in [6.07, 6.45) is 2.30. The second kappa shape index (κ2) is 6.83. The van der Waals surface area contributed by atoms with Crippen LogP contribution in [0.15, 0.2) is 34.9 Å². The molecule has 0 unspecified atom stereocenters. The number of carbonyl (C=O) groups is 1. The number of aliphatic hydroxyl groups is 1. The fourth-order valence-corrected chi connectivity index (χ4v) is 2.92. The summed E-state index contributed by atoms with van der Waals surface area (Å²) in [4.78, 5) is 14.1. The van der Waals surface area contributed by atoms with E-state index in [1.165, 1.54) is 0 Å². The van der Waals surface area contributed by atoms with Crippen LogP contribution in [0.5, 0.6) is 5.75 Å². The molecule has 6 heteroatoms. The van der Waals surface area contributed by atoms with E-state index in [-0.39, 0.29) is 24.3 Å². The van der Waals surface area contributed by atoms with Gasteiger partial charge in [-0.05, 0) is 30.5 Å². The van der Waals surface area contributed by atoms with E-state index >= 15 is 0 Å². The summed E-state index contributed by atoms with van der Waals surface area (Å²) in [5, 5.41) is 13.3. The number of hydrogen-bond acceptors (Lipinski definition) is 5. The standard InChI is InChI=1S/C17H20N2O4/c1-22-15-6-2-4-12(9-15)8-13-10-16(23-18-13)17(21)19-7-3-5-14(19)11-20/h2,4,6,9-10,14,20H,3,5,7-8,11H2,1H3/t14-/m0/s1. The Bertz CT molecular complexity index is 683. The zero-order valence-electron chi connectivity index (χ0n) is 13.1. The lowest BCUT2D eigenvalue weighted by atomic mass is 10.1. The van der Waals surface area contributed by atoms with Gasteiger partial charge < -0.3 is 19.3 Å². The summed E-state index contributed by atoms with van der Waals surface area (Å²) in [5.41, 5.74) is 1.73. The van der Waals surface area contributed by atoms with E-state index in [1.807, 2.05) is 24.3 Å². The molecule has 122 valence electrons. The van der Waals surface area contributed by atoms with E-state index in [2.05, 4.69) is 5.16 Å². The highest BCUT2D eigenvalue weighted by Crippen LogP contribution is 2.21. The number of rotatable bonds is 5. The SMILES string of the molecule is COc1cccc(Cc2cc(C(=O)N3CCC[C@H]3CO)on2)c1. The minimum atomic E-state index is -0.203. The first kappa shape index (κ1) is 15.6. The summed E-state index contributed by atoms with van der Waals surface area (Å²) in [5.74, 6) is 0.805. The molecule has 0 saturated carbocycles. The Morgan fingerprint density at radius 2 is 2.35 bits per heavy atom. The molecule has 1 atom stereocenters. The molecule has 2 heterocycles. The van der Waals surface area contributed by atoms with Gasteiger partial charge in [0.1, 0.15) is 5.75 Å². The van der Waals surface area contributed by atoms with Crippen LogP contribution in [-0.4, -0.2) is 47.4 Å². The summed E-state index contributed by atoms with van der Waals surface area (Å²) in [6, 6.07) is 9.25. The second-order valence-corrected chi connectivity index (χ2v) is 5.69. The number of benzene rings is 1. The molecule has 3 rings (SSSR count). The van der Waals surface area contributed by atoms with Crippen molar-refractivity contribution < 1.29 is 19.2 Å². The van der Waals surface area contributed by atoms with Gasteiger partial charge in [-0.15, -0.1) is 0 Å². The molecular weight excluding hydrogens is 296 g/mol. The van der Waals surface area contributed by atoms with Crippen LogP contribution in [0.2, 0.25) is 0 Å². The number of aromatic nitrogens is 1. The average molecular weight is 316 g/mol. The third-order valence-electron chi connectivity index (χ3n) is 4.14. The Kier molecular flexibility index (Phi) is 4.62. The summed E-state index contributed by atoms with van der Waals surface area (Å²) in [6.45, 7) is 0.631. The molecule has 0 radical (unpaired) electrons. The third-order valence-corrected chi connectivity index (χ3v) is 4.14. The number of aliphatic hydroxyl groups excluding tert-OH is 1. The van der Waals surface area contributed by atoms with E-state index in [0.717, 1.165) is 24.2 Å². The fraction of sp³-hybridized carbons (Fsp3) is 0.412. The predicted molar refractivity (Wildman–Crippen MR) is 83.4 cm³/mol. The first-order valence-electron chi connectivity index (χ1n) is 7.71. The van der Waals surface area contributed by atoms with Crippen LogP contribution in [0.1, 0.15) is 34.7 Å². The van der Waals surface area contributed by atoms with E-state index in [9.17, 15) is 9.90 Å². The monoisotopic (exact) mass is 316 g/mol. The van der Waals surface area contributed by atoms with Gasteiger partial charge in [-0.3, -0.25) is 4.79 Å². The lowest BCUT2D eigenvalue weighted by Crippen LogP contribution is -2.37. The maximum absolute atomic E-state index is 12.4. The number of likely N-dealkylation sites (tertiary alicyclic amines) is 1. The maximum atomic E-state index is 12.4. The van der Waals surface area contributed by atoms with Crippen molar-refractivity contribution in [2.45, 2.75) is 25.3 Å². The minimum Gasteiger partial charge on any atom is -0.497 e. The van der Waals surface area contributed by atoms with Crippen molar-refractivity contribution in [2.75, 3.05) is 20.3 Å². The Morgan fingerprint density at radius 3 is 3.13 bits per heavy atom. The lowest BCUT2D eigenvalue weighted by molar-refractivity contribution is 0.0636. The molecule has 1 N–H and O–H groups in total. The van der Waals surface area contributed by atoms with E-state index < -0.39 is 0 Å². The van der Waals surface area contributed by atoms with Crippen molar-refractivity contribution in [1.82, 2.24) is 10.1 Å². The number of amides is 1. The van der Waals surface area contributed by atoms with Gasteiger partial charge in [0.05, 0.1) is 25.5 Å². The van der Waals surface area contributed by atoms with Crippen molar-refractivity contribution in [1.29, 1.82) is 0 Å². The molecule has 2 aromatic rings. The number of methoxy groups -OCH3 is 1. The van der Waals surface area contributed by atoms with Gasteiger partial charge in [0.2, 0.25) is 5.76 Å². The van der Waals surface area contributed by atoms with E-state index in [4.69, 9.17) is 9.26 Å². The zero-order chi connectivity index (χ0) is 16.2. The second-order valence-electron chi connectivity index (χ2n) is 5.69. The van der Waals surface area contributed by atoms with Gasteiger partial charge in [-0.2, -0.15) is 0 Å². The van der Waals surface area contributed by atoms with Crippen molar-refractivity contribution in [2.24, 2.45) is 0 Å². The van der Waals surface area contributed by atoms with Crippen LogP contribution in [0.4, 0.5) is 0 Å². The van der Waals surface area contributed by atoms with Gasteiger partial charge in [-0.1, -0.05) is 17.3 Å². The normalized spacial score (nSPS) is 17.5. The van der Waals surface area contributed by atoms with Gasteiger partial charge in [0, 0.05) is 19.0 Å². The summed E-state index contributed by atoms with van der Waals surface area (Å²) < 4.78 is 10.4. The zero-order valence-corrected chi connectivity index (χ0v) is 13.1. The van der Waals surface area contributed by atoms with Crippen LogP contribution in [-0.2, 0) is 6.42 Å². The van der Waals surface area contributed by atoms with Crippen LogP contribution >= 0.6 is 0 Å². The molecule has 23 heavy (non-hydrogen) atoms. The number of carbonyl (C=O) groups excluding carboxylic acids is 1. The largest absolute Gasteiger partial charge is 0.497 e. The Hall–Kier alpha value is -2.34. The van der Waals surface area contributed by atoms with Crippen LogP contribution in [0.3, 0.4) is 0 Å². The number of hydrogen-bond donors (Lipinski definition) is 1. The van der Waals surface area contributed by atoms with Crippen molar-refractivity contribution >= 4 is 5.91 Å². The lowest BCUT2D eigenvalue weighted by Gasteiger charge is -2.21. The Labute approximate surface area is 134 Å². The van der Waals surface area contributed by atoms with Crippen LogP contribution in [0.25, 0.3) is 0 Å². The van der Waals surface area contributed by atoms with Gasteiger partial charge in [-0.25, -0.2) is 0 Å². The van der Waals surface area contributed by atoms with Crippen molar-refractivity contribution in [3.63, 3.8) is 0 Å². The molecule has 0 spiro atoms. The van der Waals surface area contributed by atoms with Crippen molar-refractivity contribution in [3.05, 3.63) is 47.3 Å². The van der Waals surface area contributed by atoms with Crippen LogP contribution in [0, 0.1) is 0 Å². The van der Waals surface area contributed by atoms with E-state index in [1.54, 1.807) is 18.1 Å². The van der Waals surface area contributed by atoms with Gasteiger partial charge in [0.25, 0.3) is 5.91 Å². The molecule has 1 aromatic carbocycles. The van der Waals surface area contributed by atoms with Gasteiger partial charge in [0.15, 0.2) is 0 Å². The van der Waals surface area contributed by atoms with E-state index in [0.29, 0.717) is 18.7 Å². The van der Waals surface area contributed by atoms with Crippen LogP contribution < -0.4 is 4.74 Å². The Balaban J connectivity index is 1.71. The van der Waals surface area contributed by atoms with Gasteiger partial charge >= 0.3 is 0 Å². The quantitative estimate of drug-likeness (QED) is 0.911. The molecule has 1 aromatic heterocycles. The highest BCUT2D eigenvalue weighted by atomic mass is 16.5. The fourth-order valence-electron chi connectivity index (χ4n) is 2.92. The molecule has 6 nitrogen and oxygen atoms in total. The van der Waals surface area contributed by atoms with Crippen molar-refractivity contribution in [3.8, 4) is 5.75 Å². The highest BCUT2D eigenvalue weighted by molar-refractivity contribution is 5.91. The third kappa shape index (κ3) is 3.37. The number of ether oxygens (including phenoxy) is 1. The first-order chi connectivity index (χ1) is 11.2. The molecule has 1 amide bonds. The molecule has 0 aliphatic carbocycles. The average Bonchev–Trinajstić information content (AvgIpc) is 3.23. The number of nitrogens with zero attached hydrogens (tertiary/aromatic N) is 2. The smallest absolute Gasteiger partial charge is 0.292 e. The highest BCUT2D eigenvalue weighted by Gasteiger charge is 2.30. The maximum Gasteiger partial charge on any atom is 0.292 e. The molecule has 1 aliphatic heterocycles. The first-order valence-corrected chi connectivity index (χ1v) is 7.71. The topological polar surface area (TPSA) is 75.8 Å². The minimum absolute atomic E-state index is 0.0173. The molecule has 0 bridgehead atoms. The molecule has 1 fully saturated rings. The molecule has 1 saturated heterocycles. The summed E-state index contributed by atoms with van der Waals surface area (Å²) >= 11 is 0.